The third-order valence-electron chi connectivity index (χ3n) is 2.68. The highest BCUT2D eigenvalue weighted by Crippen LogP contribution is 2.08. The van der Waals surface area contributed by atoms with Gasteiger partial charge in [-0.3, -0.25) is 4.55 Å². The van der Waals surface area contributed by atoms with Crippen LogP contribution in [0.3, 0.4) is 0 Å². The zero-order valence-electron chi connectivity index (χ0n) is 13.3. The molecule has 0 amide bonds. The Morgan fingerprint density at radius 1 is 1.23 bits per heavy atom. The number of carboxylic acid groups (broad SMARTS) is 1. The molecule has 0 fully saturated rings. The lowest BCUT2D eigenvalue weighted by Crippen LogP contribution is -2.12. The molecule has 0 atom stereocenters. The summed E-state index contributed by atoms with van der Waals surface area (Å²) in [5, 5.41) is 8.47. The maximum atomic E-state index is 10.5. The summed E-state index contributed by atoms with van der Waals surface area (Å²) < 4.78 is 29.6. The molecule has 6 nitrogen and oxygen atoms in total. The van der Waals surface area contributed by atoms with Crippen LogP contribution < -0.4 is 0 Å². The van der Waals surface area contributed by atoms with Crippen LogP contribution in [0.4, 0.5) is 0 Å². The van der Waals surface area contributed by atoms with E-state index in [0.29, 0.717) is 5.57 Å². The lowest BCUT2D eigenvalue weighted by molar-refractivity contribution is -0.132. The van der Waals surface area contributed by atoms with Crippen molar-refractivity contribution in [3.63, 3.8) is 0 Å². The number of hydrogen-bond acceptors (Lipinski definition) is 4. The summed E-state index contributed by atoms with van der Waals surface area (Å²) in [6, 6.07) is 5.99. The normalized spacial score (nSPS) is 11.8. The van der Waals surface area contributed by atoms with Gasteiger partial charge in [-0.15, -0.1) is 0 Å². The fraction of sp³-hybridized carbons (Fsp3) is 0.400. The molecular weight excluding hydrogens is 306 g/mol. The molecule has 0 saturated carbocycles. The molecular formula is C15H23NO5S. The standard InChI is InChI=1S/C8H15NO2.C7H8O3S/c1-7(8(10)11)5-4-6-9(2)3;1-6-2-4-7(5-3-6)11(8,9)10/h5H,4,6H2,1-3H3,(H,10,11);2-5H,1H3,(H,8,9,10). The zero-order chi connectivity index (χ0) is 17.3. The van der Waals surface area contributed by atoms with Crippen molar-refractivity contribution in [3.05, 3.63) is 41.5 Å². The molecule has 0 radical (unpaired) electrons. The van der Waals surface area contributed by atoms with Gasteiger partial charge >= 0.3 is 5.97 Å². The van der Waals surface area contributed by atoms with Gasteiger partial charge in [0.2, 0.25) is 0 Å². The topological polar surface area (TPSA) is 94.9 Å². The molecule has 0 aliphatic carbocycles. The maximum absolute atomic E-state index is 10.5. The summed E-state index contributed by atoms with van der Waals surface area (Å²) in [6.45, 7) is 4.34. The van der Waals surface area contributed by atoms with Crippen LogP contribution >= 0.6 is 0 Å². The number of aliphatic carboxylic acids is 1. The molecule has 0 aromatic heterocycles. The quantitative estimate of drug-likeness (QED) is 0.635. The van der Waals surface area contributed by atoms with E-state index in [2.05, 4.69) is 0 Å². The van der Waals surface area contributed by atoms with Crippen molar-refractivity contribution < 1.29 is 22.9 Å². The van der Waals surface area contributed by atoms with Gasteiger partial charge in [0.05, 0.1) is 4.90 Å². The smallest absolute Gasteiger partial charge is 0.330 e. The number of carbonyl (C=O) groups is 1. The highest BCUT2D eigenvalue weighted by Gasteiger charge is 2.06. The van der Waals surface area contributed by atoms with Crippen LogP contribution in [0.5, 0.6) is 0 Å². The van der Waals surface area contributed by atoms with Gasteiger partial charge in [-0.2, -0.15) is 8.42 Å². The van der Waals surface area contributed by atoms with E-state index in [-0.39, 0.29) is 4.90 Å². The van der Waals surface area contributed by atoms with Crippen molar-refractivity contribution in [3.8, 4) is 0 Å². The minimum absolute atomic E-state index is 0.0666. The lowest BCUT2D eigenvalue weighted by atomic mass is 10.2. The van der Waals surface area contributed by atoms with E-state index in [1.165, 1.54) is 12.1 Å². The second kappa shape index (κ2) is 9.34. The molecule has 0 aliphatic heterocycles. The van der Waals surface area contributed by atoms with Gasteiger partial charge in [-0.1, -0.05) is 23.8 Å². The van der Waals surface area contributed by atoms with Crippen molar-refractivity contribution in [1.82, 2.24) is 4.90 Å². The lowest BCUT2D eigenvalue weighted by Gasteiger charge is -2.05. The molecule has 0 aliphatic rings. The monoisotopic (exact) mass is 329 g/mol. The molecule has 1 rings (SSSR count). The number of hydrogen-bond donors (Lipinski definition) is 2. The Hall–Kier alpha value is -1.70. The minimum atomic E-state index is -4.02. The van der Waals surface area contributed by atoms with E-state index in [4.69, 9.17) is 9.66 Å². The Morgan fingerprint density at radius 2 is 1.73 bits per heavy atom. The Kier molecular flexibility index (Phi) is 8.62. The summed E-state index contributed by atoms with van der Waals surface area (Å²) in [5.74, 6) is -0.830. The number of rotatable bonds is 5. The fourth-order valence-electron chi connectivity index (χ4n) is 1.34. The third kappa shape index (κ3) is 9.28. The first-order valence-corrected chi connectivity index (χ1v) is 8.07. The second-order valence-electron chi connectivity index (χ2n) is 5.07. The molecule has 0 spiro atoms. The molecule has 0 heterocycles. The SMILES string of the molecule is CC(=CCCN(C)C)C(=O)O.Cc1ccc(S(=O)(=O)O)cc1. The third-order valence-corrected chi connectivity index (χ3v) is 3.55. The van der Waals surface area contributed by atoms with E-state index in [1.807, 2.05) is 25.9 Å². The number of carboxylic acids is 1. The van der Waals surface area contributed by atoms with Gasteiger partial charge in [0.25, 0.3) is 10.1 Å². The fourth-order valence-corrected chi connectivity index (χ4v) is 1.82. The summed E-state index contributed by atoms with van der Waals surface area (Å²) >= 11 is 0. The van der Waals surface area contributed by atoms with Crippen LogP contribution in [0.15, 0.2) is 40.8 Å². The van der Waals surface area contributed by atoms with E-state index in [0.717, 1.165) is 18.5 Å². The first kappa shape index (κ1) is 20.3. The van der Waals surface area contributed by atoms with Gasteiger partial charge in [0.1, 0.15) is 0 Å². The van der Waals surface area contributed by atoms with E-state index in [1.54, 1.807) is 25.1 Å². The van der Waals surface area contributed by atoms with Crippen LogP contribution in [0, 0.1) is 6.92 Å². The molecule has 2 N–H and O–H groups in total. The van der Waals surface area contributed by atoms with Crippen LogP contribution in [-0.2, 0) is 14.9 Å². The minimum Gasteiger partial charge on any atom is -0.478 e. The molecule has 1 aromatic rings. The van der Waals surface area contributed by atoms with Crippen LogP contribution in [0.25, 0.3) is 0 Å². The summed E-state index contributed by atoms with van der Waals surface area (Å²) in [6.07, 6.45) is 2.54. The Bertz CT molecular complexity index is 603. The summed E-state index contributed by atoms with van der Waals surface area (Å²) in [7, 11) is -0.0951. The Balaban J connectivity index is 0.000000401. The van der Waals surface area contributed by atoms with E-state index in [9.17, 15) is 13.2 Å². The number of benzene rings is 1. The van der Waals surface area contributed by atoms with Gasteiger partial charge in [-0.25, -0.2) is 4.79 Å². The molecule has 7 heteroatoms. The first-order valence-electron chi connectivity index (χ1n) is 6.63. The van der Waals surface area contributed by atoms with Crippen LogP contribution in [0.1, 0.15) is 18.9 Å². The predicted octanol–water partition coefficient (Wildman–Crippen LogP) is 2.21. The average molecular weight is 329 g/mol. The van der Waals surface area contributed by atoms with Gasteiger partial charge in [0, 0.05) is 12.1 Å². The highest BCUT2D eigenvalue weighted by atomic mass is 32.2. The number of nitrogens with zero attached hydrogens (tertiary/aromatic N) is 1. The Labute approximate surface area is 131 Å². The summed E-state index contributed by atoms with van der Waals surface area (Å²) in [4.78, 5) is 12.2. The number of aryl methyl sites for hydroxylation is 1. The van der Waals surface area contributed by atoms with Crippen molar-refractivity contribution >= 4 is 16.1 Å². The van der Waals surface area contributed by atoms with E-state index < -0.39 is 16.1 Å². The molecule has 22 heavy (non-hydrogen) atoms. The van der Waals surface area contributed by atoms with Gasteiger partial charge < -0.3 is 10.0 Å². The first-order chi connectivity index (χ1) is 10.0. The molecule has 1 aromatic carbocycles. The largest absolute Gasteiger partial charge is 0.478 e. The van der Waals surface area contributed by atoms with Crippen molar-refractivity contribution in [2.24, 2.45) is 0 Å². The molecule has 0 saturated heterocycles. The van der Waals surface area contributed by atoms with Crippen LogP contribution in [-0.4, -0.2) is 49.6 Å². The highest BCUT2D eigenvalue weighted by molar-refractivity contribution is 7.85. The second-order valence-corrected chi connectivity index (χ2v) is 6.49. The zero-order valence-corrected chi connectivity index (χ0v) is 14.1. The average Bonchev–Trinajstić information content (AvgIpc) is 2.38. The molecule has 0 unspecified atom stereocenters. The Morgan fingerprint density at radius 3 is 2.09 bits per heavy atom. The van der Waals surface area contributed by atoms with Crippen molar-refractivity contribution in [2.75, 3.05) is 20.6 Å². The van der Waals surface area contributed by atoms with Gasteiger partial charge in [0.15, 0.2) is 0 Å². The van der Waals surface area contributed by atoms with E-state index >= 15 is 0 Å². The summed E-state index contributed by atoms with van der Waals surface area (Å²) in [5.41, 5.74) is 1.38. The van der Waals surface area contributed by atoms with Crippen molar-refractivity contribution in [2.45, 2.75) is 25.2 Å². The molecule has 0 bridgehead atoms. The maximum Gasteiger partial charge on any atom is 0.330 e. The van der Waals surface area contributed by atoms with Gasteiger partial charge in [-0.05, 0) is 46.5 Å². The predicted molar refractivity (Wildman–Crippen MR) is 85.6 cm³/mol. The molecule has 124 valence electrons. The van der Waals surface area contributed by atoms with Crippen LogP contribution in [0.2, 0.25) is 0 Å². The van der Waals surface area contributed by atoms with Crippen molar-refractivity contribution in [1.29, 1.82) is 0 Å².